The summed E-state index contributed by atoms with van der Waals surface area (Å²) in [5, 5.41) is 0. The van der Waals surface area contributed by atoms with E-state index in [1.165, 1.54) is 5.56 Å². The third-order valence-corrected chi connectivity index (χ3v) is 10.4. The molecule has 178 valence electrons. The number of fused-ring (bicyclic) bond motifs is 1. The molecule has 1 aliphatic heterocycles. The lowest BCUT2D eigenvalue weighted by molar-refractivity contribution is 0.0898. The number of piperidine rings is 1. The van der Waals surface area contributed by atoms with Crippen LogP contribution in [0.4, 0.5) is 0 Å². The number of ether oxygens (including phenoxy) is 1. The predicted octanol–water partition coefficient (Wildman–Crippen LogP) is 5.68. The number of rotatable bonds is 8. The van der Waals surface area contributed by atoms with Crippen LogP contribution in [0.3, 0.4) is 0 Å². The number of benzene rings is 2. The number of imidazole rings is 1. The van der Waals surface area contributed by atoms with Crippen LogP contribution in [0.2, 0.25) is 25.7 Å². The zero-order valence-electron chi connectivity index (χ0n) is 19.5. The Bertz CT molecular complexity index is 1200. The average molecular weight is 551 g/mol. The minimum Gasteiger partial charge on any atom is -0.361 e. The van der Waals surface area contributed by atoms with E-state index >= 15 is 0 Å². The van der Waals surface area contributed by atoms with Crippen molar-refractivity contribution in [1.29, 1.82) is 0 Å². The molecule has 0 atom stereocenters. The van der Waals surface area contributed by atoms with E-state index in [2.05, 4.69) is 52.7 Å². The van der Waals surface area contributed by atoms with Gasteiger partial charge in [0.05, 0.1) is 22.3 Å². The summed E-state index contributed by atoms with van der Waals surface area (Å²) in [6, 6.07) is 14.8. The number of sulfonamides is 1. The highest BCUT2D eigenvalue weighted by Crippen LogP contribution is 2.33. The fourth-order valence-electron chi connectivity index (χ4n) is 4.22. The molecule has 0 unspecified atom stereocenters. The predicted molar refractivity (Wildman–Crippen MR) is 139 cm³/mol. The molecule has 0 saturated carbocycles. The Labute approximate surface area is 206 Å². The van der Waals surface area contributed by atoms with Crippen LogP contribution in [0.15, 0.2) is 58.2 Å². The quantitative estimate of drug-likeness (QED) is 0.268. The molecular weight excluding hydrogens is 518 g/mol. The first-order chi connectivity index (χ1) is 15.6. The Morgan fingerprint density at radius 1 is 1.12 bits per heavy atom. The van der Waals surface area contributed by atoms with Gasteiger partial charge in [-0.15, -0.1) is 0 Å². The van der Waals surface area contributed by atoms with Crippen LogP contribution >= 0.6 is 15.9 Å². The van der Waals surface area contributed by atoms with E-state index in [0.717, 1.165) is 31.0 Å². The fourth-order valence-corrected chi connectivity index (χ4v) is 7.33. The molecule has 0 radical (unpaired) electrons. The Morgan fingerprint density at radius 3 is 2.48 bits per heavy atom. The van der Waals surface area contributed by atoms with Crippen LogP contribution in [0.25, 0.3) is 11.0 Å². The lowest BCUT2D eigenvalue weighted by Crippen LogP contribution is -2.37. The van der Waals surface area contributed by atoms with Crippen molar-refractivity contribution >= 4 is 45.1 Å². The van der Waals surface area contributed by atoms with E-state index in [-0.39, 0.29) is 4.90 Å². The number of hydrogen-bond donors (Lipinski definition) is 0. The van der Waals surface area contributed by atoms with Crippen LogP contribution in [0.1, 0.15) is 24.3 Å². The lowest BCUT2D eigenvalue weighted by atomic mass is 9.90. The van der Waals surface area contributed by atoms with E-state index in [9.17, 15) is 8.42 Å². The standard InChI is InChI=1S/C24H32BrN3O3SSi/c1-33(2,3)14-13-31-18-27-17-26-23-16-21(15-22(25)24(23)27)32(29,30)28-11-9-20(10-12-28)19-7-5-4-6-8-19/h4-8,15-17,20H,9-14,18H2,1-3H3. The van der Waals surface area contributed by atoms with Gasteiger partial charge >= 0.3 is 0 Å². The molecule has 3 aromatic rings. The van der Waals surface area contributed by atoms with E-state index in [1.54, 1.807) is 22.8 Å². The van der Waals surface area contributed by atoms with Crippen molar-refractivity contribution in [1.82, 2.24) is 13.9 Å². The summed E-state index contributed by atoms with van der Waals surface area (Å²) in [5.74, 6) is 0.406. The topological polar surface area (TPSA) is 64.4 Å². The largest absolute Gasteiger partial charge is 0.361 e. The highest BCUT2D eigenvalue weighted by atomic mass is 79.9. The molecule has 1 saturated heterocycles. The van der Waals surface area contributed by atoms with Gasteiger partial charge in [-0.3, -0.25) is 0 Å². The van der Waals surface area contributed by atoms with E-state index in [0.29, 0.717) is 35.7 Å². The summed E-state index contributed by atoms with van der Waals surface area (Å²) in [7, 11) is -4.73. The first-order valence-corrected chi connectivity index (χ1v) is 17.4. The molecule has 9 heteroatoms. The Morgan fingerprint density at radius 2 is 1.82 bits per heavy atom. The molecule has 2 heterocycles. The maximum atomic E-state index is 13.4. The van der Waals surface area contributed by atoms with Gasteiger partial charge in [0.2, 0.25) is 10.0 Å². The number of halogens is 1. The van der Waals surface area contributed by atoms with Crippen LogP contribution in [-0.2, 0) is 21.5 Å². The highest BCUT2D eigenvalue weighted by Gasteiger charge is 2.30. The van der Waals surface area contributed by atoms with Crippen molar-refractivity contribution in [3.63, 3.8) is 0 Å². The van der Waals surface area contributed by atoms with Crippen molar-refractivity contribution in [2.75, 3.05) is 19.7 Å². The highest BCUT2D eigenvalue weighted by molar-refractivity contribution is 9.10. The molecule has 1 aromatic heterocycles. The second-order valence-electron chi connectivity index (χ2n) is 9.92. The van der Waals surface area contributed by atoms with Crippen molar-refractivity contribution in [2.45, 2.75) is 56.1 Å². The van der Waals surface area contributed by atoms with Crippen molar-refractivity contribution in [3.8, 4) is 0 Å². The van der Waals surface area contributed by atoms with Crippen LogP contribution in [0, 0.1) is 0 Å². The average Bonchev–Trinajstić information content (AvgIpc) is 3.20. The minimum absolute atomic E-state index is 0.282. The van der Waals surface area contributed by atoms with Gasteiger partial charge in [0, 0.05) is 32.2 Å². The summed E-state index contributed by atoms with van der Waals surface area (Å²) in [6.45, 7) is 9.15. The first-order valence-electron chi connectivity index (χ1n) is 11.4. The molecule has 0 amide bonds. The van der Waals surface area contributed by atoms with Gasteiger partial charge in [0.1, 0.15) is 6.73 Å². The smallest absolute Gasteiger partial charge is 0.243 e. The normalized spacial score (nSPS) is 16.5. The van der Waals surface area contributed by atoms with Crippen LogP contribution in [0.5, 0.6) is 0 Å². The molecule has 2 aromatic carbocycles. The number of hydrogen-bond acceptors (Lipinski definition) is 4. The second-order valence-corrected chi connectivity index (χ2v) is 18.3. The van der Waals surface area contributed by atoms with Crippen molar-refractivity contribution in [3.05, 3.63) is 58.8 Å². The van der Waals surface area contributed by atoms with Crippen molar-refractivity contribution in [2.24, 2.45) is 0 Å². The Kier molecular flexibility index (Phi) is 7.45. The summed E-state index contributed by atoms with van der Waals surface area (Å²) < 4.78 is 36.9. The first kappa shape index (κ1) is 24.6. The third kappa shape index (κ3) is 5.76. The molecule has 6 nitrogen and oxygen atoms in total. The summed E-state index contributed by atoms with van der Waals surface area (Å²) in [5.41, 5.74) is 2.79. The van der Waals surface area contributed by atoms with Crippen molar-refractivity contribution < 1.29 is 13.2 Å². The molecular formula is C24H32BrN3O3SSi. The van der Waals surface area contributed by atoms with E-state index < -0.39 is 18.1 Å². The molecule has 0 aliphatic carbocycles. The molecule has 0 bridgehead atoms. The van der Waals surface area contributed by atoms with Gasteiger partial charge in [0.15, 0.2) is 0 Å². The maximum Gasteiger partial charge on any atom is 0.243 e. The third-order valence-electron chi connectivity index (χ3n) is 6.23. The zero-order valence-corrected chi connectivity index (χ0v) is 22.9. The Hall–Kier alpha value is -1.52. The van der Waals surface area contributed by atoms with Gasteiger partial charge in [-0.1, -0.05) is 50.0 Å². The zero-order chi connectivity index (χ0) is 23.6. The molecule has 0 N–H and O–H groups in total. The van der Waals surface area contributed by atoms with Gasteiger partial charge in [-0.25, -0.2) is 13.4 Å². The van der Waals surface area contributed by atoms with Gasteiger partial charge in [0.25, 0.3) is 0 Å². The maximum absolute atomic E-state index is 13.4. The summed E-state index contributed by atoms with van der Waals surface area (Å²) in [4.78, 5) is 4.74. The molecule has 4 rings (SSSR count). The fraction of sp³-hybridized carbons (Fsp3) is 0.458. The number of aromatic nitrogens is 2. The molecule has 1 aliphatic rings. The van der Waals surface area contributed by atoms with Gasteiger partial charge in [-0.05, 0) is 58.4 Å². The molecule has 33 heavy (non-hydrogen) atoms. The van der Waals surface area contributed by atoms with E-state index in [4.69, 9.17) is 4.74 Å². The van der Waals surface area contributed by atoms with Gasteiger partial charge < -0.3 is 9.30 Å². The monoisotopic (exact) mass is 549 g/mol. The van der Waals surface area contributed by atoms with Crippen LogP contribution < -0.4 is 0 Å². The molecule has 0 spiro atoms. The Balaban J connectivity index is 1.47. The summed E-state index contributed by atoms with van der Waals surface area (Å²) in [6.07, 6.45) is 3.37. The number of nitrogens with zero attached hydrogens (tertiary/aromatic N) is 3. The van der Waals surface area contributed by atoms with Gasteiger partial charge in [-0.2, -0.15) is 4.31 Å². The molecule has 1 fully saturated rings. The SMILES string of the molecule is C[Si](C)(C)CCOCn1cnc2cc(S(=O)(=O)N3CCC(c4ccccc4)CC3)cc(Br)c21. The second kappa shape index (κ2) is 9.99. The minimum atomic E-state index is -3.58. The van der Waals surface area contributed by atoms with E-state index in [1.807, 2.05) is 22.8 Å². The van der Waals surface area contributed by atoms with Crippen LogP contribution in [-0.4, -0.2) is 50.0 Å². The summed E-state index contributed by atoms with van der Waals surface area (Å²) >= 11 is 3.58. The lowest BCUT2D eigenvalue weighted by Gasteiger charge is -2.31.